The number of nitrogens with one attached hydrogen (secondary N) is 1. The van der Waals surface area contributed by atoms with Crippen molar-refractivity contribution >= 4 is 6.03 Å². The second kappa shape index (κ2) is 4.46. The van der Waals surface area contributed by atoms with Gasteiger partial charge in [-0.15, -0.1) is 0 Å². The first-order valence-electron chi connectivity index (χ1n) is 3.96. The molecule has 0 bridgehead atoms. The number of carbonyl (C=O) groups is 1. The van der Waals surface area contributed by atoms with E-state index in [-0.39, 0.29) is 0 Å². The molecular formula is C7H13N5O. The van der Waals surface area contributed by atoms with Gasteiger partial charge in [-0.05, 0) is 6.07 Å². The normalized spacial score (nSPS) is 13.8. The van der Waals surface area contributed by atoms with Gasteiger partial charge in [-0.2, -0.15) is 5.10 Å². The van der Waals surface area contributed by atoms with Crippen LogP contribution in [0.1, 0.15) is 5.69 Å². The lowest BCUT2D eigenvalue weighted by Gasteiger charge is -2.13. The van der Waals surface area contributed by atoms with Crippen LogP contribution in [-0.2, 0) is 13.1 Å². The van der Waals surface area contributed by atoms with Crippen LogP contribution >= 0.6 is 0 Å². The molecule has 0 radical (unpaired) electrons. The maximum atomic E-state index is 9.00. The topological polar surface area (TPSA) is 99.0 Å². The molecule has 0 saturated heterocycles. The van der Waals surface area contributed by atoms with Crippen molar-refractivity contribution in [2.45, 2.75) is 13.1 Å². The quantitative estimate of drug-likeness (QED) is 0.481. The number of aromatic nitrogens is 2. The molecule has 0 atom stereocenters. The number of nitrogens with zero attached hydrogens (tertiary/aromatic N) is 2. The fourth-order valence-electron chi connectivity index (χ4n) is 1.11. The zero-order valence-corrected chi connectivity index (χ0v) is 7.23. The van der Waals surface area contributed by atoms with E-state index in [9.17, 15) is 0 Å². The Balaban J connectivity index is 0.000000184. The predicted molar refractivity (Wildman–Crippen MR) is 47.7 cm³/mol. The van der Waals surface area contributed by atoms with E-state index < -0.39 is 6.03 Å². The zero-order chi connectivity index (χ0) is 9.68. The molecule has 0 aromatic carbocycles. The molecule has 0 fully saturated rings. The Kier molecular flexibility index (Phi) is 3.27. The Morgan fingerprint density at radius 1 is 1.62 bits per heavy atom. The number of nitrogens with two attached hydrogens (primary N) is 2. The number of urea groups is 1. The lowest BCUT2D eigenvalue weighted by atomic mass is 10.3. The minimum absolute atomic E-state index is 0.833. The summed E-state index contributed by atoms with van der Waals surface area (Å²) in [4.78, 5) is 9.00. The van der Waals surface area contributed by atoms with E-state index in [1.165, 1.54) is 5.69 Å². The van der Waals surface area contributed by atoms with Gasteiger partial charge in [0.2, 0.25) is 0 Å². The van der Waals surface area contributed by atoms with E-state index in [1.807, 2.05) is 16.9 Å². The Hall–Kier alpha value is -1.56. The van der Waals surface area contributed by atoms with Crippen LogP contribution in [0.4, 0.5) is 4.79 Å². The van der Waals surface area contributed by atoms with Crippen molar-refractivity contribution in [3.63, 3.8) is 0 Å². The highest BCUT2D eigenvalue weighted by molar-refractivity contribution is 5.69. The fourth-order valence-corrected chi connectivity index (χ4v) is 1.11. The Morgan fingerprint density at radius 2 is 2.31 bits per heavy atom. The molecule has 2 rings (SSSR count). The molecule has 0 aliphatic carbocycles. The summed E-state index contributed by atoms with van der Waals surface area (Å²) in [5.74, 6) is 0. The summed E-state index contributed by atoms with van der Waals surface area (Å²) in [5.41, 5.74) is 9.79. The van der Waals surface area contributed by atoms with Crippen molar-refractivity contribution in [2.75, 3.05) is 6.54 Å². The van der Waals surface area contributed by atoms with Crippen LogP contribution in [0.15, 0.2) is 12.3 Å². The number of hydrogen-bond acceptors (Lipinski definition) is 3. The third-order valence-electron chi connectivity index (χ3n) is 1.61. The molecule has 6 heteroatoms. The molecule has 5 N–H and O–H groups in total. The van der Waals surface area contributed by atoms with Crippen molar-refractivity contribution < 1.29 is 4.79 Å². The molecule has 0 unspecified atom stereocenters. The molecule has 72 valence electrons. The second-order valence-electron chi connectivity index (χ2n) is 2.62. The fraction of sp³-hybridized carbons (Fsp3) is 0.429. The third-order valence-corrected chi connectivity index (χ3v) is 1.61. The maximum Gasteiger partial charge on any atom is 0.309 e. The Morgan fingerprint density at radius 3 is 2.92 bits per heavy atom. The first-order valence-corrected chi connectivity index (χ1v) is 3.96. The summed E-state index contributed by atoms with van der Waals surface area (Å²) in [6.07, 6.45) is 1.85. The first-order chi connectivity index (χ1) is 6.20. The molecule has 13 heavy (non-hydrogen) atoms. The molecule has 1 aliphatic heterocycles. The molecule has 0 saturated carbocycles. The van der Waals surface area contributed by atoms with E-state index >= 15 is 0 Å². The van der Waals surface area contributed by atoms with Crippen LogP contribution in [0.3, 0.4) is 0 Å². The molecular weight excluding hydrogens is 170 g/mol. The zero-order valence-electron chi connectivity index (χ0n) is 7.23. The van der Waals surface area contributed by atoms with Gasteiger partial charge in [0.1, 0.15) is 0 Å². The summed E-state index contributed by atoms with van der Waals surface area (Å²) in [7, 11) is 0. The van der Waals surface area contributed by atoms with Crippen molar-refractivity contribution in [3.8, 4) is 0 Å². The number of fused-ring (bicyclic) bond motifs is 1. The van der Waals surface area contributed by atoms with Crippen molar-refractivity contribution in [3.05, 3.63) is 18.0 Å². The highest BCUT2D eigenvalue weighted by Gasteiger charge is 2.05. The van der Waals surface area contributed by atoms with Crippen molar-refractivity contribution in [2.24, 2.45) is 11.5 Å². The third kappa shape index (κ3) is 3.12. The van der Waals surface area contributed by atoms with Crippen LogP contribution < -0.4 is 16.8 Å². The van der Waals surface area contributed by atoms with E-state index in [0.29, 0.717) is 0 Å². The molecule has 2 heterocycles. The van der Waals surface area contributed by atoms with Crippen LogP contribution in [-0.4, -0.2) is 22.4 Å². The SMILES string of the molecule is NC(N)=O.c1cc2n(n1)CCNC2. The van der Waals surface area contributed by atoms with E-state index in [4.69, 9.17) is 4.79 Å². The van der Waals surface area contributed by atoms with E-state index in [1.54, 1.807) is 0 Å². The Labute approximate surface area is 75.9 Å². The largest absolute Gasteiger partial charge is 0.352 e. The number of carbonyl (C=O) groups excluding carboxylic acids is 1. The summed E-state index contributed by atoms with van der Waals surface area (Å²) >= 11 is 0. The number of amides is 2. The van der Waals surface area contributed by atoms with E-state index in [2.05, 4.69) is 21.9 Å². The minimum atomic E-state index is -0.833. The number of rotatable bonds is 0. The lowest BCUT2D eigenvalue weighted by molar-refractivity contribution is 0.256. The lowest BCUT2D eigenvalue weighted by Crippen LogP contribution is -2.28. The highest BCUT2D eigenvalue weighted by Crippen LogP contribution is 2.00. The van der Waals surface area contributed by atoms with Crippen molar-refractivity contribution in [1.29, 1.82) is 0 Å². The Bertz CT molecular complexity index is 258. The minimum Gasteiger partial charge on any atom is -0.352 e. The van der Waals surface area contributed by atoms with Gasteiger partial charge in [-0.3, -0.25) is 4.68 Å². The molecule has 2 amide bonds. The maximum absolute atomic E-state index is 9.00. The first kappa shape index (κ1) is 9.53. The molecule has 6 nitrogen and oxygen atoms in total. The summed E-state index contributed by atoms with van der Waals surface area (Å²) in [5, 5.41) is 7.40. The monoisotopic (exact) mass is 183 g/mol. The molecule has 0 spiro atoms. The average molecular weight is 183 g/mol. The molecule has 1 aromatic heterocycles. The van der Waals surface area contributed by atoms with Gasteiger partial charge in [0.05, 0.1) is 12.2 Å². The van der Waals surface area contributed by atoms with Crippen LogP contribution in [0, 0.1) is 0 Å². The summed E-state index contributed by atoms with van der Waals surface area (Å²) in [6.45, 7) is 3.04. The van der Waals surface area contributed by atoms with Gasteiger partial charge in [0, 0.05) is 19.3 Å². The average Bonchev–Trinajstić information content (AvgIpc) is 2.49. The number of hydrogen-bond donors (Lipinski definition) is 3. The van der Waals surface area contributed by atoms with Gasteiger partial charge in [0.25, 0.3) is 0 Å². The van der Waals surface area contributed by atoms with Gasteiger partial charge in [-0.25, -0.2) is 4.79 Å². The summed E-state index contributed by atoms with van der Waals surface area (Å²) in [6, 6.07) is 1.21. The predicted octanol–water partition coefficient (Wildman–Crippen LogP) is -0.990. The van der Waals surface area contributed by atoms with Gasteiger partial charge in [-0.1, -0.05) is 0 Å². The van der Waals surface area contributed by atoms with Crippen LogP contribution in [0.5, 0.6) is 0 Å². The van der Waals surface area contributed by atoms with Crippen LogP contribution in [0.2, 0.25) is 0 Å². The smallest absolute Gasteiger partial charge is 0.309 e. The van der Waals surface area contributed by atoms with Crippen LogP contribution in [0.25, 0.3) is 0 Å². The van der Waals surface area contributed by atoms with E-state index in [0.717, 1.165) is 19.6 Å². The second-order valence-corrected chi connectivity index (χ2v) is 2.62. The van der Waals surface area contributed by atoms with Crippen molar-refractivity contribution in [1.82, 2.24) is 15.1 Å². The van der Waals surface area contributed by atoms with Gasteiger partial charge in [0.15, 0.2) is 0 Å². The van der Waals surface area contributed by atoms with Gasteiger partial charge < -0.3 is 16.8 Å². The molecule has 1 aliphatic rings. The number of primary amides is 2. The van der Waals surface area contributed by atoms with Gasteiger partial charge >= 0.3 is 6.03 Å². The standard InChI is InChI=1S/C6H9N3.CH4N2O/c1-2-8-9-4-3-7-5-6(1)9;2-1(3)4/h1-2,7H,3-5H2;(H4,2,3,4). The highest BCUT2D eigenvalue weighted by atomic mass is 16.2. The molecule has 1 aromatic rings. The summed E-state index contributed by atoms with van der Waals surface area (Å²) < 4.78 is 2.04.